The second-order valence-electron chi connectivity index (χ2n) is 6.60. The maximum atomic E-state index is 6.05. The van der Waals surface area contributed by atoms with E-state index in [4.69, 9.17) is 14.0 Å². The molecular formula is C16H25BO3. The zero-order valence-corrected chi connectivity index (χ0v) is 13.4. The van der Waals surface area contributed by atoms with E-state index >= 15 is 0 Å². The molecule has 1 aromatic carbocycles. The van der Waals surface area contributed by atoms with Crippen molar-refractivity contribution in [1.82, 2.24) is 0 Å². The Morgan fingerprint density at radius 3 is 2.00 bits per heavy atom. The summed E-state index contributed by atoms with van der Waals surface area (Å²) >= 11 is 0. The van der Waals surface area contributed by atoms with Gasteiger partial charge < -0.3 is 14.0 Å². The number of methoxy groups -OCH3 is 1. The molecule has 0 N–H and O–H groups in total. The van der Waals surface area contributed by atoms with Crippen molar-refractivity contribution in [3.05, 3.63) is 29.8 Å². The van der Waals surface area contributed by atoms with Crippen LogP contribution >= 0.6 is 0 Å². The predicted molar refractivity (Wildman–Crippen MR) is 82.3 cm³/mol. The molecule has 4 heteroatoms. The normalized spacial score (nSPS) is 21.8. The molecule has 1 aliphatic rings. The van der Waals surface area contributed by atoms with Crippen LogP contribution < -0.4 is 4.74 Å². The van der Waals surface area contributed by atoms with Gasteiger partial charge >= 0.3 is 7.12 Å². The summed E-state index contributed by atoms with van der Waals surface area (Å²) in [5.74, 6) is 1.27. The predicted octanol–water partition coefficient (Wildman–Crippen LogP) is 3.89. The van der Waals surface area contributed by atoms with E-state index in [0.717, 1.165) is 12.1 Å². The van der Waals surface area contributed by atoms with Gasteiger partial charge in [0.15, 0.2) is 0 Å². The highest BCUT2D eigenvalue weighted by Gasteiger charge is 2.51. The minimum absolute atomic E-state index is 0.142. The van der Waals surface area contributed by atoms with Gasteiger partial charge in [-0.3, -0.25) is 0 Å². The first-order chi connectivity index (χ1) is 9.25. The van der Waals surface area contributed by atoms with Crippen LogP contribution in [-0.2, 0) is 9.31 Å². The molecule has 0 radical (unpaired) electrons. The third-order valence-electron chi connectivity index (χ3n) is 4.53. The highest BCUT2D eigenvalue weighted by Crippen LogP contribution is 2.39. The van der Waals surface area contributed by atoms with Crippen molar-refractivity contribution in [3.63, 3.8) is 0 Å². The Hall–Kier alpha value is -0.995. The first kappa shape index (κ1) is 15.4. The van der Waals surface area contributed by atoms with E-state index in [9.17, 15) is 0 Å². The molecule has 1 atom stereocenters. The van der Waals surface area contributed by atoms with Gasteiger partial charge in [0.25, 0.3) is 0 Å². The van der Waals surface area contributed by atoms with Gasteiger partial charge in [0.2, 0.25) is 0 Å². The van der Waals surface area contributed by atoms with Crippen LogP contribution in [0.5, 0.6) is 5.75 Å². The molecule has 0 bridgehead atoms. The Morgan fingerprint density at radius 1 is 1.05 bits per heavy atom. The van der Waals surface area contributed by atoms with Gasteiger partial charge in [0, 0.05) is 0 Å². The standard InChI is InChI=1S/C16H25BO3/c1-12(13-7-9-14(18-6)10-8-13)11-17-19-15(2,3)16(4,5)20-17/h7-10,12H,11H2,1-6H3. The van der Waals surface area contributed by atoms with Gasteiger partial charge in [-0.25, -0.2) is 0 Å². The summed E-state index contributed by atoms with van der Waals surface area (Å²) in [6, 6.07) is 8.20. The van der Waals surface area contributed by atoms with Crippen LogP contribution in [0.1, 0.15) is 46.1 Å². The van der Waals surface area contributed by atoms with Gasteiger partial charge in [-0.1, -0.05) is 19.1 Å². The van der Waals surface area contributed by atoms with E-state index in [0.29, 0.717) is 5.92 Å². The first-order valence-corrected chi connectivity index (χ1v) is 7.25. The monoisotopic (exact) mass is 276 g/mol. The molecule has 0 aliphatic carbocycles. The quantitative estimate of drug-likeness (QED) is 0.781. The Morgan fingerprint density at radius 2 is 1.55 bits per heavy atom. The lowest BCUT2D eigenvalue weighted by molar-refractivity contribution is 0.00578. The third-order valence-corrected chi connectivity index (χ3v) is 4.53. The fraction of sp³-hybridized carbons (Fsp3) is 0.625. The molecule has 110 valence electrons. The molecule has 1 aromatic rings. The summed E-state index contributed by atoms with van der Waals surface area (Å²) in [5.41, 5.74) is 0.773. The molecule has 20 heavy (non-hydrogen) atoms. The zero-order chi connectivity index (χ0) is 15.0. The lowest BCUT2D eigenvalue weighted by atomic mass is 9.75. The van der Waals surface area contributed by atoms with Gasteiger partial charge in [0.1, 0.15) is 5.75 Å². The summed E-state index contributed by atoms with van der Waals surface area (Å²) in [4.78, 5) is 0. The molecule has 0 spiro atoms. The summed E-state index contributed by atoms with van der Waals surface area (Å²) in [7, 11) is 1.54. The first-order valence-electron chi connectivity index (χ1n) is 7.25. The topological polar surface area (TPSA) is 27.7 Å². The van der Waals surface area contributed by atoms with E-state index < -0.39 is 0 Å². The number of ether oxygens (including phenoxy) is 1. The van der Waals surface area contributed by atoms with Crippen molar-refractivity contribution >= 4 is 7.12 Å². The Labute approximate surface area is 122 Å². The summed E-state index contributed by atoms with van der Waals surface area (Å²) in [6.07, 6.45) is 0.860. The van der Waals surface area contributed by atoms with Crippen molar-refractivity contribution in [2.24, 2.45) is 0 Å². The molecule has 0 amide bonds. The smallest absolute Gasteiger partial charge is 0.458 e. The molecule has 1 aliphatic heterocycles. The van der Waals surface area contributed by atoms with Crippen molar-refractivity contribution in [3.8, 4) is 5.75 Å². The molecule has 1 unspecified atom stereocenters. The van der Waals surface area contributed by atoms with E-state index in [1.54, 1.807) is 7.11 Å². The van der Waals surface area contributed by atoms with Gasteiger partial charge in [0.05, 0.1) is 18.3 Å². The van der Waals surface area contributed by atoms with Crippen LogP contribution in [-0.4, -0.2) is 25.4 Å². The van der Waals surface area contributed by atoms with Crippen molar-refractivity contribution in [1.29, 1.82) is 0 Å². The number of hydrogen-bond acceptors (Lipinski definition) is 3. The number of hydrogen-bond donors (Lipinski definition) is 0. The fourth-order valence-electron chi connectivity index (χ4n) is 2.42. The molecule has 2 rings (SSSR count). The minimum Gasteiger partial charge on any atom is -0.497 e. The Bertz CT molecular complexity index is 437. The maximum absolute atomic E-state index is 6.05. The highest BCUT2D eigenvalue weighted by molar-refractivity contribution is 6.45. The van der Waals surface area contributed by atoms with Crippen LogP contribution in [0, 0.1) is 0 Å². The van der Waals surface area contributed by atoms with Crippen molar-refractivity contribution in [2.75, 3.05) is 7.11 Å². The average Bonchev–Trinajstić information content (AvgIpc) is 2.57. The molecule has 1 fully saturated rings. The summed E-state index contributed by atoms with van der Waals surface area (Å²) in [5, 5.41) is 0. The Kier molecular flexibility index (Phi) is 4.17. The summed E-state index contributed by atoms with van der Waals surface area (Å²) in [6.45, 7) is 10.6. The average molecular weight is 276 g/mol. The van der Waals surface area contributed by atoms with Gasteiger partial charge in [-0.2, -0.15) is 0 Å². The van der Waals surface area contributed by atoms with Crippen LogP contribution in [0.25, 0.3) is 0 Å². The largest absolute Gasteiger partial charge is 0.497 e. The van der Waals surface area contributed by atoms with Crippen molar-refractivity contribution < 1.29 is 14.0 Å². The molecule has 0 saturated carbocycles. The second kappa shape index (κ2) is 5.42. The van der Waals surface area contributed by atoms with Gasteiger partial charge in [-0.05, 0) is 57.6 Å². The lowest BCUT2D eigenvalue weighted by Crippen LogP contribution is -2.41. The number of benzene rings is 1. The van der Waals surface area contributed by atoms with Crippen molar-refractivity contribution in [2.45, 2.75) is 58.1 Å². The number of rotatable bonds is 4. The highest BCUT2D eigenvalue weighted by atomic mass is 16.7. The molecule has 1 heterocycles. The van der Waals surface area contributed by atoms with Crippen LogP contribution in [0.4, 0.5) is 0 Å². The SMILES string of the molecule is COc1ccc(C(C)CB2OC(C)(C)C(C)(C)O2)cc1. The Balaban J connectivity index is 2.00. The van der Waals surface area contributed by atoms with E-state index in [1.807, 2.05) is 12.1 Å². The van der Waals surface area contributed by atoms with Gasteiger partial charge in [-0.15, -0.1) is 0 Å². The van der Waals surface area contributed by atoms with Crippen LogP contribution in [0.3, 0.4) is 0 Å². The lowest BCUT2D eigenvalue weighted by Gasteiger charge is -2.32. The second-order valence-corrected chi connectivity index (χ2v) is 6.60. The fourth-order valence-corrected chi connectivity index (χ4v) is 2.42. The zero-order valence-electron chi connectivity index (χ0n) is 13.4. The molecule has 1 saturated heterocycles. The van der Waals surface area contributed by atoms with E-state index in [2.05, 4.69) is 46.8 Å². The molecule has 0 aromatic heterocycles. The van der Waals surface area contributed by atoms with Crippen LogP contribution in [0.2, 0.25) is 6.32 Å². The van der Waals surface area contributed by atoms with Crippen LogP contribution in [0.15, 0.2) is 24.3 Å². The van der Waals surface area contributed by atoms with E-state index in [1.165, 1.54) is 5.56 Å². The third kappa shape index (κ3) is 3.02. The maximum Gasteiger partial charge on any atom is 0.458 e. The molecular weight excluding hydrogens is 251 g/mol. The summed E-state index contributed by atoms with van der Waals surface area (Å²) < 4.78 is 17.3. The van der Waals surface area contributed by atoms with E-state index in [-0.39, 0.29) is 18.3 Å². The molecule has 3 nitrogen and oxygen atoms in total. The minimum atomic E-state index is -0.253.